The number of hydrazine groups is 1. The molecular formula is C23H17ClN4O4. The monoisotopic (exact) mass is 448 g/mol. The number of hydrogen-bond donors (Lipinski definition) is 2. The van der Waals surface area contributed by atoms with Gasteiger partial charge in [0.1, 0.15) is 11.8 Å². The highest BCUT2D eigenvalue weighted by Gasteiger charge is 2.33. The molecule has 0 aliphatic carbocycles. The van der Waals surface area contributed by atoms with Crippen molar-refractivity contribution in [1.82, 2.24) is 20.6 Å². The molecule has 4 aromatic rings. The number of aromatic amines is 1. The first-order chi connectivity index (χ1) is 15.6. The number of nitrogens with one attached hydrogen (secondary N) is 2. The van der Waals surface area contributed by atoms with Crippen LogP contribution in [0.5, 0.6) is 0 Å². The molecule has 2 aromatic heterocycles. The van der Waals surface area contributed by atoms with Gasteiger partial charge in [-0.15, -0.1) is 0 Å². The number of para-hydroxylation sites is 1. The maximum atomic E-state index is 13.0. The fourth-order valence-electron chi connectivity index (χ4n) is 3.53. The van der Waals surface area contributed by atoms with E-state index in [9.17, 15) is 9.59 Å². The zero-order valence-electron chi connectivity index (χ0n) is 16.6. The minimum Gasteiger partial charge on any atom is -0.467 e. The highest BCUT2D eigenvalue weighted by molar-refractivity contribution is 6.30. The number of halogens is 1. The van der Waals surface area contributed by atoms with E-state index in [1.165, 1.54) is 11.3 Å². The van der Waals surface area contributed by atoms with Crippen molar-refractivity contribution in [2.45, 2.75) is 6.04 Å². The molecule has 32 heavy (non-hydrogen) atoms. The number of rotatable bonds is 5. The number of ether oxygens (including phenoxy) is 1. The largest absolute Gasteiger partial charge is 0.467 e. The Bertz CT molecular complexity index is 1310. The van der Waals surface area contributed by atoms with Gasteiger partial charge in [-0.05, 0) is 42.0 Å². The van der Waals surface area contributed by atoms with Crippen molar-refractivity contribution in [1.29, 1.82) is 0 Å². The number of esters is 1. The van der Waals surface area contributed by atoms with Crippen molar-refractivity contribution in [2.75, 3.05) is 6.61 Å². The van der Waals surface area contributed by atoms with E-state index in [1.807, 2.05) is 24.3 Å². The summed E-state index contributed by atoms with van der Waals surface area (Å²) in [4.78, 5) is 25.5. The van der Waals surface area contributed by atoms with E-state index in [2.05, 4.69) is 15.6 Å². The summed E-state index contributed by atoms with van der Waals surface area (Å²) in [5, 5.41) is 9.40. The molecule has 8 nitrogen and oxygen atoms in total. The number of furan rings is 1. The van der Waals surface area contributed by atoms with Crippen LogP contribution in [0.1, 0.15) is 27.9 Å². The SMILES string of the molecule is O=C(OCC(=O)N1NC(c2ccc(Cl)cc2)=C[C@@H]1c1ccco1)c1n[nH]c2ccccc12. The van der Waals surface area contributed by atoms with Crippen LogP contribution in [-0.2, 0) is 9.53 Å². The lowest BCUT2D eigenvalue weighted by molar-refractivity contribution is -0.138. The summed E-state index contributed by atoms with van der Waals surface area (Å²) >= 11 is 5.98. The number of aromatic nitrogens is 2. The third-order valence-electron chi connectivity index (χ3n) is 5.09. The van der Waals surface area contributed by atoms with Crippen molar-refractivity contribution >= 4 is 40.1 Å². The molecular weight excluding hydrogens is 432 g/mol. The Hall–Kier alpha value is -4.04. The first-order valence-corrected chi connectivity index (χ1v) is 10.2. The lowest BCUT2D eigenvalue weighted by atomic mass is 10.1. The van der Waals surface area contributed by atoms with Gasteiger partial charge in [-0.3, -0.25) is 15.3 Å². The van der Waals surface area contributed by atoms with Crippen LogP contribution in [-0.4, -0.2) is 33.7 Å². The molecule has 0 bridgehead atoms. The summed E-state index contributed by atoms with van der Waals surface area (Å²) in [7, 11) is 0. The number of amides is 1. The topological polar surface area (TPSA) is 100 Å². The molecule has 1 amide bonds. The molecule has 0 fully saturated rings. The third kappa shape index (κ3) is 3.72. The van der Waals surface area contributed by atoms with Crippen LogP contribution in [0.25, 0.3) is 16.6 Å². The second-order valence-corrected chi connectivity index (χ2v) is 7.55. The van der Waals surface area contributed by atoms with Crippen molar-refractivity contribution < 1.29 is 18.7 Å². The molecule has 0 unspecified atom stereocenters. The Kier molecular flexibility index (Phi) is 5.12. The standard InChI is InChI=1S/C23H17ClN4O4/c24-15-9-7-14(8-10-15)18-12-19(20-6-3-11-31-20)28(27-18)21(29)13-32-23(30)22-16-4-1-2-5-17(16)25-26-22/h1-12,19,27H,13H2,(H,25,26)/t19-/m1/s1. The smallest absolute Gasteiger partial charge is 0.359 e. The fourth-order valence-corrected chi connectivity index (χ4v) is 3.66. The second-order valence-electron chi connectivity index (χ2n) is 7.12. The molecule has 160 valence electrons. The molecule has 0 saturated carbocycles. The highest BCUT2D eigenvalue weighted by atomic mass is 35.5. The molecule has 1 aliphatic heterocycles. The van der Waals surface area contributed by atoms with Crippen LogP contribution in [0.15, 0.2) is 77.4 Å². The molecule has 9 heteroatoms. The summed E-state index contributed by atoms with van der Waals surface area (Å²) in [5.41, 5.74) is 5.48. The molecule has 1 atom stereocenters. The summed E-state index contributed by atoms with van der Waals surface area (Å²) in [6, 6.07) is 17.4. The van der Waals surface area contributed by atoms with Crippen LogP contribution in [0.3, 0.4) is 0 Å². The van der Waals surface area contributed by atoms with Crippen molar-refractivity contribution in [2.24, 2.45) is 0 Å². The zero-order valence-corrected chi connectivity index (χ0v) is 17.4. The van der Waals surface area contributed by atoms with E-state index in [0.717, 1.165) is 5.56 Å². The van der Waals surface area contributed by atoms with Crippen LogP contribution < -0.4 is 5.43 Å². The number of fused-ring (bicyclic) bond motifs is 1. The molecule has 2 aromatic carbocycles. The van der Waals surface area contributed by atoms with E-state index < -0.39 is 24.5 Å². The Morgan fingerprint density at radius 2 is 1.91 bits per heavy atom. The van der Waals surface area contributed by atoms with Gasteiger partial charge in [-0.25, -0.2) is 9.80 Å². The average molecular weight is 449 g/mol. The minimum absolute atomic E-state index is 0.130. The van der Waals surface area contributed by atoms with Gasteiger partial charge in [0.2, 0.25) is 0 Å². The Morgan fingerprint density at radius 3 is 2.69 bits per heavy atom. The number of benzene rings is 2. The van der Waals surface area contributed by atoms with Crippen LogP contribution in [0.4, 0.5) is 0 Å². The fraction of sp³-hybridized carbons (Fsp3) is 0.0870. The highest BCUT2D eigenvalue weighted by Crippen LogP contribution is 2.32. The quantitative estimate of drug-likeness (QED) is 0.446. The molecule has 0 spiro atoms. The Labute approximate surface area is 187 Å². The van der Waals surface area contributed by atoms with Crippen molar-refractivity contribution in [3.05, 3.63) is 95.0 Å². The first kappa shape index (κ1) is 19.9. The van der Waals surface area contributed by atoms with Gasteiger partial charge in [0.15, 0.2) is 12.3 Å². The van der Waals surface area contributed by atoms with Crippen LogP contribution >= 0.6 is 11.6 Å². The summed E-state index contributed by atoms with van der Waals surface area (Å²) < 4.78 is 10.8. The second kappa shape index (κ2) is 8.24. The maximum Gasteiger partial charge on any atom is 0.359 e. The third-order valence-corrected chi connectivity index (χ3v) is 5.34. The summed E-state index contributed by atoms with van der Waals surface area (Å²) in [5.74, 6) is -0.560. The lowest BCUT2D eigenvalue weighted by Crippen LogP contribution is -2.42. The van der Waals surface area contributed by atoms with E-state index in [4.69, 9.17) is 20.8 Å². The summed E-state index contributed by atoms with van der Waals surface area (Å²) in [6.07, 6.45) is 3.40. The van der Waals surface area contributed by atoms with Crippen molar-refractivity contribution in [3.63, 3.8) is 0 Å². The van der Waals surface area contributed by atoms with Gasteiger partial charge in [0.05, 0.1) is 17.5 Å². The Balaban J connectivity index is 1.33. The Morgan fingerprint density at radius 1 is 1.09 bits per heavy atom. The van der Waals surface area contributed by atoms with Gasteiger partial charge >= 0.3 is 5.97 Å². The summed E-state index contributed by atoms with van der Waals surface area (Å²) in [6.45, 7) is -0.466. The lowest BCUT2D eigenvalue weighted by Gasteiger charge is -2.23. The number of hydrogen-bond acceptors (Lipinski definition) is 6. The van der Waals surface area contributed by atoms with Gasteiger partial charge < -0.3 is 9.15 Å². The van der Waals surface area contributed by atoms with E-state index in [1.54, 1.807) is 42.5 Å². The number of H-pyrrole nitrogens is 1. The number of carbonyl (C=O) groups is 2. The van der Waals surface area contributed by atoms with Crippen LogP contribution in [0, 0.1) is 0 Å². The van der Waals surface area contributed by atoms with Gasteiger partial charge in [0.25, 0.3) is 5.91 Å². The molecule has 1 aliphatic rings. The van der Waals surface area contributed by atoms with E-state index in [0.29, 0.717) is 27.4 Å². The zero-order chi connectivity index (χ0) is 22.1. The van der Waals surface area contributed by atoms with E-state index >= 15 is 0 Å². The minimum atomic E-state index is -0.685. The molecule has 0 saturated heterocycles. The molecule has 0 radical (unpaired) electrons. The van der Waals surface area contributed by atoms with Crippen LogP contribution in [0.2, 0.25) is 5.02 Å². The average Bonchev–Trinajstić information content (AvgIpc) is 3.56. The normalized spacial score (nSPS) is 15.5. The van der Waals surface area contributed by atoms with Gasteiger partial charge in [0, 0.05) is 10.4 Å². The molecule has 3 heterocycles. The number of carbonyl (C=O) groups excluding carboxylic acids is 2. The van der Waals surface area contributed by atoms with Gasteiger partial charge in [-0.2, -0.15) is 5.10 Å². The van der Waals surface area contributed by atoms with Gasteiger partial charge in [-0.1, -0.05) is 41.9 Å². The number of nitrogens with zero attached hydrogens (tertiary/aromatic N) is 2. The van der Waals surface area contributed by atoms with Crippen molar-refractivity contribution in [3.8, 4) is 0 Å². The molecule has 5 rings (SSSR count). The first-order valence-electron chi connectivity index (χ1n) is 9.80. The predicted molar refractivity (Wildman–Crippen MR) is 117 cm³/mol. The maximum absolute atomic E-state index is 13.0. The predicted octanol–water partition coefficient (Wildman–Crippen LogP) is 4.10. The molecule has 2 N–H and O–H groups in total. The van der Waals surface area contributed by atoms with E-state index in [-0.39, 0.29) is 5.69 Å².